The maximum atomic E-state index is 13.7. The lowest BCUT2D eigenvalue weighted by Crippen LogP contribution is -2.06. The molecule has 0 aliphatic heterocycles. The molecule has 1 nitrogen and oxygen atoms in total. The van der Waals surface area contributed by atoms with Crippen molar-refractivity contribution in [2.75, 3.05) is 0 Å². The number of hydrogen-bond donors (Lipinski definition) is 0. The molecule has 0 spiro atoms. The third-order valence-corrected chi connectivity index (χ3v) is 3.53. The zero-order valence-corrected chi connectivity index (χ0v) is 13.0. The van der Waals surface area contributed by atoms with E-state index >= 15 is 0 Å². The third-order valence-electron chi connectivity index (χ3n) is 2.62. The molecular formula is C14H8Br2F2O. The van der Waals surface area contributed by atoms with E-state index < -0.39 is 17.4 Å². The molecule has 0 saturated heterocycles. The molecule has 0 aromatic heterocycles. The second-order valence-electron chi connectivity index (χ2n) is 4.07. The van der Waals surface area contributed by atoms with Gasteiger partial charge in [0.15, 0.2) is 5.78 Å². The van der Waals surface area contributed by atoms with Crippen molar-refractivity contribution in [3.05, 3.63) is 67.6 Å². The Morgan fingerprint density at radius 1 is 0.947 bits per heavy atom. The minimum Gasteiger partial charge on any atom is -0.288 e. The Balaban J connectivity index is 2.53. The molecule has 0 aliphatic rings. The first-order valence-electron chi connectivity index (χ1n) is 5.35. The molecule has 0 heterocycles. The second-order valence-corrected chi connectivity index (χ2v) is 5.90. The van der Waals surface area contributed by atoms with Crippen LogP contribution >= 0.6 is 31.9 Å². The molecule has 0 fully saturated rings. The van der Waals surface area contributed by atoms with Crippen molar-refractivity contribution in [2.45, 2.75) is 6.92 Å². The van der Waals surface area contributed by atoms with Crippen LogP contribution < -0.4 is 0 Å². The summed E-state index contributed by atoms with van der Waals surface area (Å²) in [4.78, 5) is 12.2. The summed E-state index contributed by atoms with van der Waals surface area (Å²) < 4.78 is 28.3. The quantitative estimate of drug-likeness (QED) is 0.658. The Hall–Kier alpha value is -1.07. The van der Waals surface area contributed by atoms with Crippen molar-refractivity contribution >= 4 is 37.6 Å². The minimum atomic E-state index is -0.857. The molecule has 19 heavy (non-hydrogen) atoms. The van der Waals surface area contributed by atoms with Crippen LogP contribution in [0.15, 0.2) is 39.3 Å². The van der Waals surface area contributed by atoms with Gasteiger partial charge in [0.1, 0.15) is 11.6 Å². The van der Waals surface area contributed by atoms with Crippen LogP contribution in [0.25, 0.3) is 0 Å². The van der Waals surface area contributed by atoms with Crippen LogP contribution in [0.5, 0.6) is 0 Å². The molecule has 0 radical (unpaired) electrons. The van der Waals surface area contributed by atoms with Gasteiger partial charge in [-0.15, -0.1) is 0 Å². The molecule has 0 amide bonds. The zero-order chi connectivity index (χ0) is 14.2. The summed E-state index contributed by atoms with van der Waals surface area (Å²) in [5, 5.41) is 0. The molecule has 0 aliphatic carbocycles. The molecule has 2 aromatic carbocycles. The van der Waals surface area contributed by atoms with Crippen molar-refractivity contribution < 1.29 is 13.6 Å². The van der Waals surface area contributed by atoms with E-state index in [1.165, 1.54) is 13.0 Å². The van der Waals surface area contributed by atoms with Gasteiger partial charge in [0.25, 0.3) is 0 Å². The predicted octanol–water partition coefficient (Wildman–Crippen LogP) is 5.03. The van der Waals surface area contributed by atoms with Crippen molar-refractivity contribution in [3.8, 4) is 0 Å². The van der Waals surface area contributed by atoms with Crippen LogP contribution in [0.1, 0.15) is 21.5 Å². The molecule has 0 saturated carbocycles. The number of rotatable bonds is 2. The summed E-state index contributed by atoms with van der Waals surface area (Å²) in [6.45, 7) is 1.49. The van der Waals surface area contributed by atoms with E-state index in [4.69, 9.17) is 0 Å². The summed E-state index contributed by atoms with van der Waals surface area (Å²) in [6.07, 6.45) is 0. The lowest BCUT2D eigenvalue weighted by atomic mass is 10.0. The fourth-order valence-electron chi connectivity index (χ4n) is 1.67. The van der Waals surface area contributed by atoms with Crippen LogP contribution in [-0.2, 0) is 0 Å². The molecule has 0 atom stereocenters. The van der Waals surface area contributed by atoms with Gasteiger partial charge in [-0.05, 0) is 36.8 Å². The first kappa shape index (κ1) is 14.3. The molecule has 98 valence electrons. The topological polar surface area (TPSA) is 17.1 Å². The number of halogens is 4. The fraction of sp³-hybridized carbons (Fsp3) is 0.0714. The summed E-state index contributed by atoms with van der Waals surface area (Å²) in [7, 11) is 0. The molecule has 0 unspecified atom stereocenters. The van der Waals surface area contributed by atoms with Gasteiger partial charge < -0.3 is 0 Å². The Morgan fingerprint density at radius 2 is 1.53 bits per heavy atom. The van der Waals surface area contributed by atoms with Crippen molar-refractivity contribution in [1.82, 2.24) is 0 Å². The third kappa shape index (κ3) is 3.09. The van der Waals surface area contributed by atoms with Crippen LogP contribution in [-0.4, -0.2) is 5.78 Å². The number of aryl methyl sites for hydroxylation is 1. The zero-order valence-electron chi connectivity index (χ0n) is 9.81. The highest BCUT2D eigenvalue weighted by molar-refractivity contribution is 9.11. The molecule has 5 heteroatoms. The van der Waals surface area contributed by atoms with Gasteiger partial charge in [0.2, 0.25) is 0 Å². The van der Waals surface area contributed by atoms with Gasteiger partial charge in [-0.25, -0.2) is 8.78 Å². The monoisotopic (exact) mass is 388 g/mol. The van der Waals surface area contributed by atoms with E-state index in [1.54, 1.807) is 18.2 Å². The maximum Gasteiger partial charge on any atom is 0.196 e. The number of hydrogen-bond acceptors (Lipinski definition) is 1. The highest BCUT2D eigenvalue weighted by Gasteiger charge is 2.17. The number of carbonyl (C=O) groups excluding carboxylic acids is 1. The highest BCUT2D eigenvalue weighted by Crippen LogP contribution is 2.24. The van der Waals surface area contributed by atoms with Crippen molar-refractivity contribution in [3.63, 3.8) is 0 Å². The smallest absolute Gasteiger partial charge is 0.196 e. The Morgan fingerprint density at radius 3 is 2.11 bits per heavy atom. The van der Waals surface area contributed by atoms with Gasteiger partial charge >= 0.3 is 0 Å². The summed E-state index contributed by atoms with van der Waals surface area (Å²) in [5.74, 6) is -2.00. The second kappa shape index (κ2) is 5.51. The molecule has 2 rings (SSSR count). The number of carbonyl (C=O) groups is 1. The molecular weight excluding hydrogens is 382 g/mol. The molecule has 2 aromatic rings. The normalized spacial score (nSPS) is 10.6. The Labute approximate surface area is 125 Å². The van der Waals surface area contributed by atoms with E-state index in [-0.39, 0.29) is 11.1 Å². The van der Waals surface area contributed by atoms with E-state index in [9.17, 15) is 13.6 Å². The largest absolute Gasteiger partial charge is 0.288 e. The first-order chi connectivity index (χ1) is 8.88. The Kier molecular flexibility index (Phi) is 4.16. The summed E-state index contributed by atoms with van der Waals surface area (Å²) in [6, 6.07) is 6.90. The SMILES string of the molecule is Cc1cc(C(=O)c2cc(Br)cc(Br)c2)c(F)cc1F. The van der Waals surface area contributed by atoms with Gasteiger partial charge in [0, 0.05) is 20.6 Å². The van der Waals surface area contributed by atoms with Gasteiger partial charge in [-0.2, -0.15) is 0 Å². The predicted molar refractivity (Wildman–Crippen MR) is 76.4 cm³/mol. The summed E-state index contributed by atoms with van der Waals surface area (Å²) >= 11 is 6.52. The van der Waals surface area contributed by atoms with Crippen LogP contribution in [0.4, 0.5) is 8.78 Å². The van der Waals surface area contributed by atoms with E-state index in [1.807, 2.05) is 0 Å². The van der Waals surface area contributed by atoms with Crippen LogP contribution in [0.2, 0.25) is 0 Å². The Bertz CT molecular complexity index is 648. The van der Waals surface area contributed by atoms with E-state index in [0.29, 0.717) is 14.5 Å². The number of benzene rings is 2. The molecule has 0 N–H and O–H groups in total. The van der Waals surface area contributed by atoms with Gasteiger partial charge in [-0.1, -0.05) is 31.9 Å². The van der Waals surface area contributed by atoms with E-state index in [2.05, 4.69) is 31.9 Å². The first-order valence-corrected chi connectivity index (χ1v) is 6.93. The fourth-order valence-corrected chi connectivity index (χ4v) is 2.97. The van der Waals surface area contributed by atoms with Crippen molar-refractivity contribution in [2.24, 2.45) is 0 Å². The lowest BCUT2D eigenvalue weighted by molar-refractivity contribution is 0.103. The summed E-state index contributed by atoms with van der Waals surface area (Å²) in [5.41, 5.74) is 0.425. The average molecular weight is 390 g/mol. The highest BCUT2D eigenvalue weighted by atomic mass is 79.9. The van der Waals surface area contributed by atoms with Crippen LogP contribution in [0, 0.1) is 18.6 Å². The van der Waals surface area contributed by atoms with E-state index in [0.717, 1.165) is 6.07 Å². The minimum absolute atomic E-state index is 0.135. The maximum absolute atomic E-state index is 13.7. The van der Waals surface area contributed by atoms with Gasteiger partial charge in [-0.3, -0.25) is 4.79 Å². The molecule has 0 bridgehead atoms. The number of ketones is 1. The average Bonchev–Trinajstić information content (AvgIpc) is 2.31. The standard InChI is InChI=1S/C14H8Br2F2O/c1-7-2-11(13(18)6-12(7)17)14(19)8-3-9(15)5-10(16)4-8/h2-6H,1H3. The van der Waals surface area contributed by atoms with Gasteiger partial charge in [0.05, 0.1) is 5.56 Å². The lowest BCUT2D eigenvalue weighted by Gasteiger charge is -2.06. The van der Waals surface area contributed by atoms with Crippen LogP contribution in [0.3, 0.4) is 0 Å². The van der Waals surface area contributed by atoms with Crippen molar-refractivity contribution in [1.29, 1.82) is 0 Å².